The van der Waals surface area contributed by atoms with Gasteiger partial charge in [0.15, 0.2) is 0 Å². The molecule has 1 saturated heterocycles. The number of imidazole rings is 1. The normalized spacial score (nSPS) is 16.3. The molecular formula is C16H20FN3. The Kier molecular flexibility index (Phi) is 3.83. The number of aryl methyl sites for hydroxylation is 1. The SMILES string of the molecule is CCc1nccn1CC1CN(Cc2ccc(F)cc2)C1. The summed E-state index contributed by atoms with van der Waals surface area (Å²) in [6, 6.07) is 6.80. The highest BCUT2D eigenvalue weighted by molar-refractivity contribution is 5.16. The van der Waals surface area contributed by atoms with Gasteiger partial charge in [-0.15, -0.1) is 0 Å². The molecule has 0 amide bonds. The molecule has 3 nitrogen and oxygen atoms in total. The van der Waals surface area contributed by atoms with Gasteiger partial charge in [0.1, 0.15) is 11.6 Å². The minimum absolute atomic E-state index is 0.164. The molecule has 1 aromatic heterocycles. The van der Waals surface area contributed by atoms with Crippen LogP contribution in [0.15, 0.2) is 36.7 Å². The van der Waals surface area contributed by atoms with Crippen molar-refractivity contribution in [3.05, 3.63) is 53.9 Å². The molecule has 1 aliphatic rings. The van der Waals surface area contributed by atoms with Gasteiger partial charge >= 0.3 is 0 Å². The summed E-state index contributed by atoms with van der Waals surface area (Å²) < 4.78 is 15.1. The van der Waals surface area contributed by atoms with Crippen molar-refractivity contribution in [2.75, 3.05) is 13.1 Å². The summed E-state index contributed by atoms with van der Waals surface area (Å²) in [5, 5.41) is 0. The summed E-state index contributed by atoms with van der Waals surface area (Å²) in [5.74, 6) is 1.71. The molecule has 0 unspecified atom stereocenters. The lowest BCUT2D eigenvalue weighted by Crippen LogP contribution is -2.47. The Morgan fingerprint density at radius 3 is 2.70 bits per heavy atom. The van der Waals surface area contributed by atoms with E-state index in [-0.39, 0.29) is 5.82 Å². The fourth-order valence-corrected chi connectivity index (χ4v) is 2.87. The van der Waals surface area contributed by atoms with Gasteiger partial charge in [0.05, 0.1) is 0 Å². The molecule has 106 valence electrons. The second-order valence-electron chi connectivity index (χ2n) is 5.54. The summed E-state index contributed by atoms with van der Waals surface area (Å²) in [6.45, 7) is 6.34. The zero-order valence-corrected chi connectivity index (χ0v) is 11.8. The third-order valence-electron chi connectivity index (χ3n) is 3.93. The Hall–Kier alpha value is -1.68. The summed E-state index contributed by atoms with van der Waals surface area (Å²) >= 11 is 0. The fourth-order valence-electron chi connectivity index (χ4n) is 2.87. The third kappa shape index (κ3) is 2.90. The van der Waals surface area contributed by atoms with Crippen LogP contribution in [-0.2, 0) is 19.5 Å². The zero-order chi connectivity index (χ0) is 13.9. The molecule has 1 fully saturated rings. The molecule has 0 spiro atoms. The number of nitrogens with zero attached hydrogens (tertiary/aromatic N) is 3. The maximum Gasteiger partial charge on any atom is 0.123 e. The van der Waals surface area contributed by atoms with E-state index in [0.29, 0.717) is 5.92 Å². The van der Waals surface area contributed by atoms with Gasteiger partial charge in [0.2, 0.25) is 0 Å². The molecule has 4 heteroatoms. The van der Waals surface area contributed by atoms with E-state index in [0.717, 1.165) is 32.6 Å². The van der Waals surface area contributed by atoms with Crippen molar-refractivity contribution in [1.29, 1.82) is 0 Å². The van der Waals surface area contributed by atoms with E-state index >= 15 is 0 Å². The average molecular weight is 273 g/mol. The predicted octanol–water partition coefficient (Wildman–Crippen LogP) is 2.72. The van der Waals surface area contributed by atoms with E-state index < -0.39 is 0 Å². The smallest absolute Gasteiger partial charge is 0.123 e. The highest BCUT2D eigenvalue weighted by atomic mass is 19.1. The van der Waals surface area contributed by atoms with Crippen LogP contribution in [0.1, 0.15) is 18.3 Å². The lowest BCUT2D eigenvalue weighted by atomic mass is 9.99. The second-order valence-corrected chi connectivity index (χ2v) is 5.54. The van der Waals surface area contributed by atoms with Crippen LogP contribution in [-0.4, -0.2) is 27.5 Å². The number of halogens is 1. The molecule has 3 rings (SSSR count). The number of hydrogen-bond donors (Lipinski definition) is 0. The Morgan fingerprint density at radius 2 is 2.00 bits per heavy atom. The topological polar surface area (TPSA) is 21.1 Å². The van der Waals surface area contributed by atoms with Gasteiger partial charge in [0, 0.05) is 50.9 Å². The van der Waals surface area contributed by atoms with Crippen LogP contribution in [0.2, 0.25) is 0 Å². The largest absolute Gasteiger partial charge is 0.335 e. The lowest BCUT2D eigenvalue weighted by molar-refractivity contribution is 0.0797. The first kappa shape index (κ1) is 13.3. The van der Waals surface area contributed by atoms with Crippen LogP contribution in [0, 0.1) is 11.7 Å². The maximum atomic E-state index is 12.8. The Bertz CT molecular complexity index is 555. The van der Waals surface area contributed by atoms with E-state index in [1.165, 1.54) is 23.5 Å². The molecule has 0 N–H and O–H groups in total. The van der Waals surface area contributed by atoms with Gasteiger partial charge in [0.25, 0.3) is 0 Å². The quantitative estimate of drug-likeness (QED) is 0.835. The average Bonchev–Trinajstić information content (AvgIpc) is 2.86. The van der Waals surface area contributed by atoms with Gasteiger partial charge in [-0.25, -0.2) is 9.37 Å². The van der Waals surface area contributed by atoms with Crippen molar-refractivity contribution in [3.63, 3.8) is 0 Å². The molecule has 0 atom stereocenters. The van der Waals surface area contributed by atoms with E-state index in [4.69, 9.17) is 0 Å². The number of benzene rings is 1. The molecule has 0 saturated carbocycles. The lowest BCUT2D eigenvalue weighted by Gasteiger charge is -2.39. The van der Waals surface area contributed by atoms with E-state index in [2.05, 4.69) is 27.6 Å². The van der Waals surface area contributed by atoms with Crippen LogP contribution < -0.4 is 0 Å². The van der Waals surface area contributed by atoms with Crippen molar-refractivity contribution in [3.8, 4) is 0 Å². The van der Waals surface area contributed by atoms with Gasteiger partial charge in [-0.1, -0.05) is 19.1 Å². The van der Waals surface area contributed by atoms with Crippen LogP contribution in [0.25, 0.3) is 0 Å². The number of likely N-dealkylation sites (tertiary alicyclic amines) is 1. The Morgan fingerprint density at radius 1 is 1.25 bits per heavy atom. The molecule has 2 aromatic rings. The molecular weight excluding hydrogens is 253 g/mol. The number of rotatable bonds is 5. The second kappa shape index (κ2) is 5.75. The van der Waals surface area contributed by atoms with E-state index in [9.17, 15) is 4.39 Å². The van der Waals surface area contributed by atoms with Crippen molar-refractivity contribution in [2.45, 2.75) is 26.4 Å². The third-order valence-corrected chi connectivity index (χ3v) is 3.93. The zero-order valence-electron chi connectivity index (χ0n) is 11.8. The molecule has 20 heavy (non-hydrogen) atoms. The first-order valence-electron chi connectivity index (χ1n) is 7.21. The van der Waals surface area contributed by atoms with Gasteiger partial charge in [-0.3, -0.25) is 4.90 Å². The van der Waals surface area contributed by atoms with Gasteiger partial charge in [-0.05, 0) is 17.7 Å². The molecule has 1 aliphatic heterocycles. The van der Waals surface area contributed by atoms with Crippen molar-refractivity contribution >= 4 is 0 Å². The van der Waals surface area contributed by atoms with Gasteiger partial charge in [-0.2, -0.15) is 0 Å². The van der Waals surface area contributed by atoms with Crippen LogP contribution in [0.4, 0.5) is 4.39 Å². The minimum Gasteiger partial charge on any atom is -0.335 e. The maximum absolute atomic E-state index is 12.8. The van der Waals surface area contributed by atoms with E-state index in [1.807, 2.05) is 18.3 Å². The van der Waals surface area contributed by atoms with Gasteiger partial charge < -0.3 is 4.57 Å². The van der Waals surface area contributed by atoms with Crippen molar-refractivity contribution in [2.24, 2.45) is 5.92 Å². The predicted molar refractivity (Wildman–Crippen MR) is 76.8 cm³/mol. The summed E-state index contributed by atoms with van der Waals surface area (Å²) in [5.41, 5.74) is 1.18. The highest BCUT2D eigenvalue weighted by Crippen LogP contribution is 2.21. The standard InChI is InChI=1S/C16H20FN3/c1-2-16-18-7-8-20(16)12-14-10-19(11-14)9-13-3-5-15(17)6-4-13/h3-8,14H,2,9-12H2,1H3. The summed E-state index contributed by atoms with van der Waals surface area (Å²) in [6.07, 6.45) is 4.94. The molecule has 2 heterocycles. The van der Waals surface area contributed by atoms with E-state index in [1.54, 1.807) is 0 Å². The van der Waals surface area contributed by atoms with Crippen molar-refractivity contribution in [1.82, 2.24) is 14.5 Å². The van der Waals surface area contributed by atoms with Crippen LogP contribution in [0.3, 0.4) is 0 Å². The monoisotopic (exact) mass is 273 g/mol. The first-order chi connectivity index (χ1) is 9.74. The molecule has 0 aliphatic carbocycles. The fraction of sp³-hybridized carbons (Fsp3) is 0.438. The van der Waals surface area contributed by atoms with Crippen molar-refractivity contribution < 1.29 is 4.39 Å². The Balaban J connectivity index is 1.48. The molecule has 1 aromatic carbocycles. The summed E-state index contributed by atoms with van der Waals surface area (Å²) in [7, 11) is 0. The minimum atomic E-state index is -0.164. The van der Waals surface area contributed by atoms with Crippen LogP contribution >= 0.6 is 0 Å². The molecule has 0 bridgehead atoms. The Labute approximate surface area is 119 Å². The molecule has 0 radical (unpaired) electrons. The number of aromatic nitrogens is 2. The highest BCUT2D eigenvalue weighted by Gasteiger charge is 2.27. The first-order valence-corrected chi connectivity index (χ1v) is 7.21. The van der Waals surface area contributed by atoms with Crippen LogP contribution in [0.5, 0.6) is 0 Å². The number of hydrogen-bond acceptors (Lipinski definition) is 2. The summed E-state index contributed by atoms with van der Waals surface area (Å²) in [4.78, 5) is 6.76.